The fourth-order valence-corrected chi connectivity index (χ4v) is 2.29. The third-order valence-corrected chi connectivity index (χ3v) is 3.30. The van der Waals surface area contributed by atoms with Crippen LogP contribution in [0.1, 0.15) is 48.4 Å². The molecule has 0 fully saturated rings. The van der Waals surface area contributed by atoms with Gasteiger partial charge in [0.1, 0.15) is 5.75 Å². The van der Waals surface area contributed by atoms with Gasteiger partial charge in [0.15, 0.2) is 0 Å². The van der Waals surface area contributed by atoms with Crippen molar-refractivity contribution in [3.63, 3.8) is 0 Å². The van der Waals surface area contributed by atoms with E-state index in [2.05, 4.69) is 10.6 Å². The van der Waals surface area contributed by atoms with Gasteiger partial charge in [-0.2, -0.15) is 0 Å². The van der Waals surface area contributed by atoms with E-state index in [0.717, 1.165) is 0 Å². The zero-order valence-electron chi connectivity index (χ0n) is 15.0. The Kier molecular flexibility index (Phi) is 6.17. The van der Waals surface area contributed by atoms with E-state index < -0.39 is 0 Å². The van der Waals surface area contributed by atoms with Crippen molar-refractivity contribution >= 4 is 17.5 Å². The van der Waals surface area contributed by atoms with Crippen molar-refractivity contribution in [2.24, 2.45) is 0 Å². The smallest absolute Gasteiger partial charge is 0.259 e. The van der Waals surface area contributed by atoms with Crippen molar-refractivity contribution < 1.29 is 14.3 Å². The average molecular weight is 340 g/mol. The largest absolute Gasteiger partial charge is 0.490 e. The molecule has 2 amide bonds. The van der Waals surface area contributed by atoms with Crippen molar-refractivity contribution in [3.05, 3.63) is 59.7 Å². The van der Waals surface area contributed by atoms with Gasteiger partial charge in [-0.25, -0.2) is 0 Å². The highest BCUT2D eigenvalue weighted by molar-refractivity contribution is 6.06. The van der Waals surface area contributed by atoms with Gasteiger partial charge in [0, 0.05) is 17.3 Å². The maximum Gasteiger partial charge on any atom is 0.259 e. The zero-order valence-corrected chi connectivity index (χ0v) is 15.0. The molecule has 5 nitrogen and oxygen atoms in total. The zero-order chi connectivity index (χ0) is 18.4. The molecule has 0 spiro atoms. The van der Waals surface area contributed by atoms with Crippen LogP contribution in [0.3, 0.4) is 0 Å². The Morgan fingerprint density at radius 3 is 2.32 bits per heavy atom. The molecule has 0 aliphatic carbocycles. The summed E-state index contributed by atoms with van der Waals surface area (Å²) in [5.41, 5.74) is 1.51. The van der Waals surface area contributed by atoms with Gasteiger partial charge in [-0.1, -0.05) is 18.2 Å². The van der Waals surface area contributed by atoms with Gasteiger partial charge in [-0.05, 0) is 58.0 Å². The van der Waals surface area contributed by atoms with Crippen molar-refractivity contribution in [2.75, 3.05) is 5.32 Å². The Labute approximate surface area is 148 Å². The maximum atomic E-state index is 12.6. The number of rotatable bonds is 6. The van der Waals surface area contributed by atoms with Crippen LogP contribution < -0.4 is 15.4 Å². The van der Waals surface area contributed by atoms with Crippen LogP contribution in [0.2, 0.25) is 0 Å². The summed E-state index contributed by atoms with van der Waals surface area (Å²) in [7, 11) is 0. The lowest BCUT2D eigenvalue weighted by atomic mass is 10.1. The fraction of sp³-hybridized carbons (Fsp3) is 0.300. The molecule has 5 heteroatoms. The summed E-state index contributed by atoms with van der Waals surface area (Å²) in [5, 5.41) is 5.65. The first-order chi connectivity index (χ1) is 11.9. The van der Waals surface area contributed by atoms with Crippen LogP contribution in [-0.2, 0) is 0 Å². The molecule has 0 aliphatic heterocycles. The molecule has 0 radical (unpaired) electrons. The molecule has 0 aliphatic rings. The van der Waals surface area contributed by atoms with E-state index in [1.165, 1.54) is 0 Å². The summed E-state index contributed by atoms with van der Waals surface area (Å²) in [6, 6.07) is 14.0. The number of anilines is 1. The number of ether oxygens (including phenoxy) is 1. The number of carbonyl (C=O) groups is 2. The monoisotopic (exact) mass is 340 g/mol. The molecule has 2 aromatic carbocycles. The predicted octanol–water partition coefficient (Wildman–Crippen LogP) is 3.86. The Morgan fingerprint density at radius 2 is 1.64 bits per heavy atom. The van der Waals surface area contributed by atoms with Crippen LogP contribution >= 0.6 is 0 Å². The molecule has 0 saturated heterocycles. The summed E-state index contributed by atoms with van der Waals surface area (Å²) in [6.07, 6.45) is -0.0305. The highest BCUT2D eigenvalue weighted by Gasteiger charge is 2.14. The Hall–Kier alpha value is -2.82. The molecule has 0 unspecified atom stereocenters. The molecule has 2 aromatic rings. The van der Waals surface area contributed by atoms with Crippen molar-refractivity contribution in [1.29, 1.82) is 0 Å². The van der Waals surface area contributed by atoms with E-state index >= 15 is 0 Å². The van der Waals surface area contributed by atoms with Crippen molar-refractivity contribution in [3.8, 4) is 5.75 Å². The van der Waals surface area contributed by atoms with Crippen LogP contribution in [0.15, 0.2) is 48.5 Å². The van der Waals surface area contributed by atoms with Crippen LogP contribution in [0.25, 0.3) is 0 Å². The summed E-state index contributed by atoms with van der Waals surface area (Å²) in [6.45, 7) is 7.61. The quantitative estimate of drug-likeness (QED) is 0.839. The van der Waals surface area contributed by atoms with E-state index in [0.29, 0.717) is 22.6 Å². The second-order valence-electron chi connectivity index (χ2n) is 6.33. The van der Waals surface area contributed by atoms with Gasteiger partial charge in [-0.15, -0.1) is 0 Å². The predicted molar refractivity (Wildman–Crippen MR) is 99.2 cm³/mol. The SMILES string of the molecule is CC(C)NC(=O)c1cccc(NC(=O)c2ccccc2OC(C)C)c1. The number of nitrogens with one attached hydrogen (secondary N) is 2. The van der Waals surface area contributed by atoms with Crippen LogP contribution in [0.5, 0.6) is 5.75 Å². The summed E-state index contributed by atoms with van der Waals surface area (Å²) in [4.78, 5) is 24.7. The lowest BCUT2D eigenvalue weighted by Gasteiger charge is -2.14. The molecule has 0 heterocycles. The van der Waals surface area contributed by atoms with Crippen molar-refractivity contribution in [1.82, 2.24) is 5.32 Å². The molecule has 0 bridgehead atoms. The van der Waals surface area contributed by atoms with Crippen LogP contribution in [-0.4, -0.2) is 24.0 Å². The second-order valence-corrected chi connectivity index (χ2v) is 6.33. The third-order valence-electron chi connectivity index (χ3n) is 3.30. The van der Waals surface area contributed by atoms with Gasteiger partial charge in [0.2, 0.25) is 0 Å². The maximum absolute atomic E-state index is 12.6. The minimum atomic E-state index is -0.280. The van der Waals surface area contributed by atoms with E-state index in [9.17, 15) is 9.59 Å². The number of hydrogen-bond donors (Lipinski definition) is 2. The van der Waals surface area contributed by atoms with E-state index in [1.807, 2.05) is 33.8 Å². The summed E-state index contributed by atoms with van der Waals surface area (Å²) < 4.78 is 5.68. The van der Waals surface area contributed by atoms with E-state index in [1.54, 1.807) is 42.5 Å². The molecule has 25 heavy (non-hydrogen) atoms. The Balaban J connectivity index is 2.17. The third kappa shape index (κ3) is 5.35. The summed E-state index contributed by atoms with van der Waals surface area (Å²) >= 11 is 0. The Morgan fingerprint density at radius 1 is 0.920 bits per heavy atom. The van der Waals surface area contributed by atoms with Gasteiger partial charge in [0.05, 0.1) is 11.7 Å². The first-order valence-electron chi connectivity index (χ1n) is 8.34. The fourth-order valence-electron chi connectivity index (χ4n) is 2.29. The average Bonchev–Trinajstić information content (AvgIpc) is 2.54. The molecule has 132 valence electrons. The highest BCUT2D eigenvalue weighted by atomic mass is 16.5. The molecule has 2 rings (SSSR count). The van der Waals surface area contributed by atoms with Gasteiger partial charge < -0.3 is 15.4 Å². The molecule has 2 N–H and O–H groups in total. The van der Waals surface area contributed by atoms with Gasteiger partial charge >= 0.3 is 0 Å². The summed E-state index contributed by atoms with van der Waals surface area (Å²) in [5.74, 6) is 0.0796. The minimum absolute atomic E-state index is 0.0305. The first-order valence-corrected chi connectivity index (χ1v) is 8.34. The number of carbonyl (C=O) groups excluding carboxylic acids is 2. The van der Waals surface area contributed by atoms with Gasteiger partial charge in [0.25, 0.3) is 11.8 Å². The van der Waals surface area contributed by atoms with E-state index in [-0.39, 0.29) is 24.0 Å². The lowest BCUT2D eigenvalue weighted by Crippen LogP contribution is -2.30. The number of amides is 2. The van der Waals surface area contributed by atoms with E-state index in [4.69, 9.17) is 4.74 Å². The molecular weight excluding hydrogens is 316 g/mol. The number of para-hydroxylation sites is 1. The second kappa shape index (κ2) is 8.33. The molecular formula is C20H24N2O3. The number of hydrogen-bond acceptors (Lipinski definition) is 3. The number of benzene rings is 2. The minimum Gasteiger partial charge on any atom is -0.490 e. The topological polar surface area (TPSA) is 67.4 Å². The van der Waals surface area contributed by atoms with Gasteiger partial charge in [-0.3, -0.25) is 9.59 Å². The standard InChI is InChI=1S/C20H24N2O3/c1-13(2)21-19(23)15-8-7-9-16(12-15)22-20(24)17-10-5-6-11-18(17)25-14(3)4/h5-14H,1-4H3,(H,21,23)(H,22,24). The molecule has 0 aromatic heterocycles. The normalized spacial score (nSPS) is 10.6. The van der Waals surface area contributed by atoms with Crippen LogP contribution in [0.4, 0.5) is 5.69 Å². The highest BCUT2D eigenvalue weighted by Crippen LogP contribution is 2.21. The Bertz CT molecular complexity index is 754. The van der Waals surface area contributed by atoms with Crippen molar-refractivity contribution in [2.45, 2.75) is 39.8 Å². The molecule has 0 saturated carbocycles. The lowest BCUT2D eigenvalue weighted by molar-refractivity contribution is 0.0941. The molecule has 0 atom stereocenters. The van der Waals surface area contributed by atoms with Crippen LogP contribution in [0, 0.1) is 0 Å². The first kappa shape index (κ1) is 18.5.